The average molecular weight is 522 g/mol. The van der Waals surface area contributed by atoms with E-state index >= 15 is 0 Å². The van der Waals surface area contributed by atoms with E-state index < -0.39 is 5.82 Å². The van der Waals surface area contributed by atoms with Crippen molar-refractivity contribution in [2.24, 2.45) is 12.8 Å². The van der Waals surface area contributed by atoms with Crippen LogP contribution in [-0.2, 0) is 11.8 Å². The summed E-state index contributed by atoms with van der Waals surface area (Å²) in [5, 5.41) is 6.67. The number of rotatable bonds is 6. The number of hydrogen-bond acceptors (Lipinski definition) is 7. The van der Waals surface area contributed by atoms with Crippen LogP contribution >= 0.6 is 0 Å². The van der Waals surface area contributed by atoms with Gasteiger partial charge in [-0.2, -0.15) is 9.78 Å². The monoisotopic (exact) mass is 521 g/mol. The van der Waals surface area contributed by atoms with Crippen molar-refractivity contribution in [3.63, 3.8) is 0 Å². The highest BCUT2D eigenvalue weighted by Gasteiger charge is 2.28. The van der Waals surface area contributed by atoms with Crippen molar-refractivity contribution < 1.29 is 13.9 Å². The molecule has 1 fully saturated rings. The van der Waals surface area contributed by atoms with Crippen molar-refractivity contribution >= 4 is 28.8 Å². The summed E-state index contributed by atoms with van der Waals surface area (Å²) in [6.45, 7) is 5.20. The Kier molecular flexibility index (Phi) is 8.06. The number of carbonyl (C=O) groups is 1. The van der Waals surface area contributed by atoms with Crippen molar-refractivity contribution in [3.05, 3.63) is 70.2 Å². The number of methoxy groups -OCH3 is 1. The molecule has 5 rings (SSSR count). The van der Waals surface area contributed by atoms with Gasteiger partial charge in [-0.1, -0.05) is 6.07 Å². The molecule has 38 heavy (non-hydrogen) atoms. The molecule has 1 unspecified atom stereocenters. The van der Waals surface area contributed by atoms with Crippen LogP contribution in [0, 0.1) is 19.7 Å². The second-order valence-corrected chi connectivity index (χ2v) is 9.06. The zero-order valence-corrected chi connectivity index (χ0v) is 21.9. The number of imidazole rings is 1. The minimum absolute atomic E-state index is 0.0312. The molecule has 3 heterocycles. The quantitative estimate of drug-likeness (QED) is 0.374. The summed E-state index contributed by atoms with van der Waals surface area (Å²) < 4.78 is 21.9. The number of halogens is 1. The second-order valence-electron chi connectivity index (χ2n) is 9.06. The Labute approximate surface area is 219 Å². The molecule has 10 nitrogen and oxygen atoms in total. The van der Waals surface area contributed by atoms with Gasteiger partial charge in [-0.25, -0.2) is 9.37 Å². The highest BCUT2D eigenvalue weighted by Crippen LogP contribution is 2.38. The average Bonchev–Trinajstić information content (AvgIpc) is 3.50. The lowest BCUT2D eigenvalue weighted by molar-refractivity contribution is -0.105. The normalized spacial score (nSPS) is 14.8. The van der Waals surface area contributed by atoms with Crippen molar-refractivity contribution in [1.29, 1.82) is 0 Å². The number of aryl methyl sites for hydroxylation is 3. The summed E-state index contributed by atoms with van der Waals surface area (Å²) in [7, 11) is 3.42. The van der Waals surface area contributed by atoms with E-state index in [1.165, 1.54) is 25.4 Å². The van der Waals surface area contributed by atoms with E-state index in [-0.39, 0.29) is 17.0 Å². The maximum Gasteiger partial charge on any atom is 0.274 e. The van der Waals surface area contributed by atoms with Crippen molar-refractivity contribution in [1.82, 2.24) is 19.3 Å². The van der Waals surface area contributed by atoms with Gasteiger partial charge in [0.15, 0.2) is 5.82 Å². The first kappa shape index (κ1) is 26.8. The van der Waals surface area contributed by atoms with Crippen LogP contribution in [0.5, 0.6) is 5.75 Å². The SMILES string of the molecule is COc1cccc(F)c1-n1nccc(C)c1=O.Cc1nc2c(N3CCCC3CN)c(NC=O)ccc2n1C. The van der Waals surface area contributed by atoms with Gasteiger partial charge >= 0.3 is 0 Å². The van der Waals surface area contributed by atoms with Crippen LogP contribution in [0.1, 0.15) is 24.2 Å². The second kappa shape index (κ2) is 11.4. The fourth-order valence-electron chi connectivity index (χ4n) is 4.73. The van der Waals surface area contributed by atoms with E-state index in [1.54, 1.807) is 19.1 Å². The number of nitrogens with two attached hydrogens (primary N) is 1. The highest BCUT2D eigenvalue weighted by molar-refractivity contribution is 5.99. The topological polar surface area (TPSA) is 120 Å². The van der Waals surface area contributed by atoms with Gasteiger partial charge in [-0.05, 0) is 57.0 Å². The summed E-state index contributed by atoms with van der Waals surface area (Å²) in [6.07, 6.45) is 4.36. The third kappa shape index (κ3) is 4.97. The number of hydrogen-bond donors (Lipinski definition) is 2. The first-order chi connectivity index (χ1) is 18.3. The Morgan fingerprint density at radius 1 is 1.21 bits per heavy atom. The molecule has 0 aliphatic carbocycles. The minimum atomic E-state index is -0.551. The number of ether oxygens (including phenoxy) is 1. The molecule has 0 bridgehead atoms. The number of amides is 1. The van der Waals surface area contributed by atoms with Crippen LogP contribution in [0.2, 0.25) is 0 Å². The Bertz CT molecular complexity index is 1510. The number of fused-ring (bicyclic) bond motifs is 1. The molecule has 3 N–H and O–H groups in total. The summed E-state index contributed by atoms with van der Waals surface area (Å²) >= 11 is 0. The molecule has 1 aliphatic rings. The molecule has 200 valence electrons. The molecule has 2 aromatic carbocycles. The molecule has 4 aromatic rings. The van der Waals surface area contributed by atoms with Gasteiger partial charge in [0.05, 0.1) is 24.0 Å². The maximum atomic E-state index is 13.8. The largest absolute Gasteiger partial charge is 0.494 e. The number of carbonyl (C=O) groups excluding carboxylic acids is 1. The Balaban J connectivity index is 0.000000181. The fourth-order valence-corrected chi connectivity index (χ4v) is 4.73. The van der Waals surface area contributed by atoms with E-state index in [4.69, 9.17) is 15.5 Å². The van der Waals surface area contributed by atoms with Crippen molar-refractivity contribution in [3.8, 4) is 11.4 Å². The van der Waals surface area contributed by atoms with Gasteiger partial charge in [0, 0.05) is 37.9 Å². The molecule has 0 saturated carbocycles. The van der Waals surface area contributed by atoms with Gasteiger partial charge in [-0.3, -0.25) is 9.59 Å². The van der Waals surface area contributed by atoms with Gasteiger partial charge in [0.25, 0.3) is 5.56 Å². The van der Waals surface area contributed by atoms with E-state index in [1.807, 2.05) is 26.1 Å². The van der Waals surface area contributed by atoms with Crippen LogP contribution in [0.3, 0.4) is 0 Å². The first-order valence-corrected chi connectivity index (χ1v) is 12.3. The van der Waals surface area contributed by atoms with Gasteiger partial charge in [-0.15, -0.1) is 0 Å². The Morgan fingerprint density at radius 3 is 2.71 bits per heavy atom. The summed E-state index contributed by atoms with van der Waals surface area (Å²) in [6, 6.07) is 10.2. The van der Waals surface area contributed by atoms with Crippen LogP contribution in [0.4, 0.5) is 15.8 Å². The number of anilines is 2. The lowest BCUT2D eigenvalue weighted by Gasteiger charge is -2.28. The van der Waals surface area contributed by atoms with Gasteiger partial charge in [0.1, 0.15) is 22.8 Å². The van der Waals surface area contributed by atoms with E-state index in [2.05, 4.69) is 19.9 Å². The lowest BCUT2D eigenvalue weighted by Crippen LogP contribution is -2.36. The zero-order valence-electron chi connectivity index (χ0n) is 21.9. The summed E-state index contributed by atoms with van der Waals surface area (Å²) in [5.41, 5.74) is 9.87. The predicted molar refractivity (Wildman–Crippen MR) is 146 cm³/mol. The number of nitrogens with zero attached hydrogens (tertiary/aromatic N) is 5. The Hall–Kier alpha value is -4.25. The van der Waals surface area contributed by atoms with Crippen molar-refractivity contribution in [2.45, 2.75) is 32.7 Å². The summed E-state index contributed by atoms with van der Waals surface area (Å²) in [5.74, 6) is 0.674. The summed E-state index contributed by atoms with van der Waals surface area (Å²) in [4.78, 5) is 29.8. The molecule has 1 aliphatic heterocycles. The number of para-hydroxylation sites is 1. The van der Waals surface area contributed by atoms with E-state index in [0.29, 0.717) is 24.6 Å². The van der Waals surface area contributed by atoms with Crippen LogP contribution < -0.4 is 26.2 Å². The van der Waals surface area contributed by atoms with Crippen LogP contribution in [0.15, 0.2) is 47.4 Å². The zero-order chi connectivity index (χ0) is 27.4. The molecule has 11 heteroatoms. The molecule has 1 amide bonds. The molecular formula is C27H32FN7O3. The third-order valence-electron chi connectivity index (χ3n) is 6.82. The lowest BCUT2D eigenvalue weighted by atomic mass is 10.1. The van der Waals surface area contributed by atoms with E-state index in [9.17, 15) is 14.0 Å². The Morgan fingerprint density at radius 2 is 2.00 bits per heavy atom. The first-order valence-electron chi connectivity index (χ1n) is 12.3. The van der Waals surface area contributed by atoms with Crippen LogP contribution in [0.25, 0.3) is 16.7 Å². The molecular weight excluding hydrogens is 489 g/mol. The number of aromatic nitrogens is 4. The smallest absolute Gasteiger partial charge is 0.274 e. The standard InChI is InChI=1S/C15H21N5O.C12H11FN2O2/c1-10-18-14-13(19(10)2)6-5-12(17-9-21)15(14)20-7-3-4-11(20)8-16;1-8-6-7-14-15(12(8)16)11-9(13)4-3-5-10(11)17-2/h5-6,9,11H,3-4,7-8,16H2,1-2H3,(H,17,21);3-7H,1-2H3. The minimum Gasteiger partial charge on any atom is -0.494 e. The van der Waals surface area contributed by atoms with E-state index in [0.717, 1.165) is 52.3 Å². The molecule has 2 aromatic heterocycles. The molecule has 1 saturated heterocycles. The highest BCUT2D eigenvalue weighted by atomic mass is 19.1. The molecule has 1 atom stereocenters. The third-order valence-corrected chi connectivity index (χ3v) is 6.82. The number of benzene rings is 2. The predicted octanol–water partition coefficient (Wildman–Crippen LogP) is 3.07. The van der Waals surface area contributed by atoms with Crippen molar-refractivity contribution in [2.75, 3.05) is 30.4 Å². The fraction of sp³-hybridized carbons (Fsp3) is 0.333. The molecule has 0 radical (unpaired) electrons. The van der Waals surface area contributed by atoms with Crippen LogP contribution in [-0.4, -0.2) is 52.0 Å². The van der Waals surface area contributed by atoms with Gasteiger partial charge < -0.3 is 25.3 Å². The molecule has 0 spiro atoms. The number of nitrogens with one attached hydrogen (secondary N) is 1. The maximum absolute atomic E-state index is 13.8. The van der Waals surface area contributed by atoms with Gasteiger partial charge in [0.2, 0.25) is 6.41 Å².